The number of fused-ring (bicyclic) bond motifs is 1. The molecule has 0 aromatic carbocycles. The SMILES string of the molecule is CCCc1nc(C(C)C)c2cc(Cl)[nH]c2n1. The molecule has 0 amide bonds. The summed E-state index contributed by atoms with van der Waals surface area (Å²) in [6.45, 7) is 6.40. The molecule has 4 heteroatoms. The van der Waals surface area contributed by atoms with Crippen molar-refractivity contribution in [3.63, 3.8) is 0 Å². The minimum absolute atomic E-state index is 0.382. The van der Waals surface area contributed by atoms with Crippen LogP contribution in [0.15, 0.2) is 6.07 Å². The molecule has 86 valence electrons. The van der Waals surface area contributed by atoms with Crippen LogP contribution in [-0.4, -0.2) is 15.0 Å². The van der Waals surface area contributed by atoms with Crippen LogP contribution in [0.4, 0.5) is 0 Å². The van der Waals surface area contributed by atoms with Crippen molar-refractivity contribution in [1.29, 1.82) is 0 Å². The highest BCUT2D eigenvalue weighted by atomic mass is 35.5. The van der Waals surface area contributed by atoms with Crippen molar-refractivity contribution in [2.45, 2.75) is 39.5 Å². The van der Waals surface area contributed by atoms with Gasteiger partial charge in [0, 0.05) is 11.8 Å². The van der Waals surface area contributed by atoms with Crippen LogP contribution in [0.1, 0.15) is 44.6 Å². The van der Waals surface area contributed by atoms with E-state index >= 15 is 0 Å². The molecule has 0 fully saturated rings. The van der Waals surface area contributed by atoms with Gasteiger partial charge in [0.25, 0.3) is 0 Å². The highest BCUT2D eigenvalue weighted by Crippen LogP contribution is 2.25. The smallest absolute Gasteiger partial charge is 0.142 e. The molecule has 0 aliphatic heterocycles. The lowest BCUT2D eigenvalue weighted by molar-refractivity contribution is 0.778. The lowest BCUT2D eigenvalue weighted by Gasteiger charge is -2.07. The van der Waals surface area contributed by atoms with Gasteiger partial charge >= 0.3 is 0 Å². The number of rotatable bonds is 3. The number of nitrogens with one attached hydrogen (secondary N) is 1. The summed E-state index contributed by atoms with van der Waals surface area (Å²) in [5.74, 6) is 1.28. The van der Waals surface area contributed by atoms with Crippen molar-refractivity contribution >= 4 is 22.6 Å². The minimum Gasteiger partial charge on any atom is -0.330 e. The molecule has 3 nitrogen and oxygen atoms in total. The zero-order valence-corrected chi connectivity index (χ0v) is 10.6. The molecule has 0 saturated carbocycles. The van der Waals surface area contributed by atoms with E-state index in [1.54, 1.807) is 0 Å². The van der Waals surface area contributed by atoms with Gasteiger partial charge in [0.15, 0.2) is 0 Å². The monoisotopic (exact) mass is 237 g/mol. The molecule has 0 aliphatic rings. The van der Waals surface area contributed by atoms with Gasteiger partial charge < -0.3 is 4.98 Å². The number of aromatic nitrogens is 3. The fourth-order valence-electron chi connectivity index (χ4n) is 1.82. The Labute approximate surface area is 100 Å². The Morgan fingerprint density at radius 1 is 1.38 bits per heavy atom. The van der Waals surface area contributed by atoms with Crippen molar-refractivity contribution in [3.05, 3.63) is 22.7 Å². The molecule has 2 heterocycles. The average molecular weight is 238 g/mol. The van der Waals surface area contributed by atoms with Crippen molar-refractivity contribution in [1.82, 2.24) is 15.0 Å². The first-order chi connectivity index (χ1) is 7.61. The third kappa shape index (κ3) is 2.05. The lowest BCUT2D eigenvalue weighted by atomic mass is 10.1. The summed E-state index contributed by atoms with van der Waals surface area (Å²) in [5, 5.41) is 1.67. The molecule has 2 aromatic rings. The molecule has 16 heavy (non-hydrogen) atoms. The maximum Gasteiger partial charge on any atom is 0.142 e. The Bertz CT molecular complexity index is 502. The van der Waals surface area contributed by atoms with Crippen LogP contribution in [0.25, 0.3) is 11.0 Å². The molecule has 0 spiro atoms. The van der Waals surface area contributed by atoms with Crippen LogP contribution >= 0.6 is 11.6 Å². The molecule has 0 saturated heterocycles. The van der Waals surface area contributed by atoms with Gasteiger partial charge in [-0.3, -0.25) is 0 Å². The van der Waals surface area contributed by atoms with Crippen LogP contribution < -0.4 is 0 Å². The van der Waals surface area contributed by atoms with E-state index in [1.165, 1.54) is 0 Å². The fourth-order valence-corrected chi connectivity index (χ4v) is 2.02. The first-order valence-corrected chi connectivity index (χ1v) is 6.04. The van der Waals surface area contributed by atoms with Gasteiger partial charge in [-0.05, 0) is 18.4 Å². The second kappa shape index (κ2) is 4.42. The van der Waals surface area contributed by atoms with Crippen molar-refractivity contribution in [2.24, 2.45) is 0 Å². The number of hydrogen-bond acceptors (Lipinski definition) is 2. The zero-order chi connectivity index (χ0) is 11.7. The largest absolute Gasteiger partial charge is 0.330 e. The third-order valence-electron chi connectivity index (χ3n) is 2.55. The Balaban J connectivity index is 2.63. The molecule has 2 rings (SSSR count). The zero-order valence-electron chi connectivity index (χ0n) is 9.84. The van der Waals surface area contributed by atoms with E-state index in [-0.39, 0.29) is 0 Å². The summed E-state index contributed by atoms with van der Waals surface area (Å²) in [6, 6.07) is 1.90. The molecule has 0 bridgehead atoms. The number of H-pyrrole nitrogens is 1. The van der Waals surface area contributed by atoms with E-state index in [0.29, 0.717) is 11.1 Å². The predicted octanol–water partition coefficient (Wildman–Crippen LogP) is 3.69. The molecule has 0 aliphatic carbocycles. The Morgan fingerprint density at radius 3 is 2.75 bits per heavy atom. The molecule has 0 unspecified atom stereocenters. The molecule has 0 radical (unpaired) electrons. The Morgan fingerprint density at radius 2 is 2.12 bits per heavy atom. The van der Waals surface area contributed by atoms with Gasteiger partial charge in [0.05, 0.1) is 5.69 Å². The Kier molecular flexibility index (Phi) is 3.15. The number of hydrogen-bond donors (Lipinski definition) is 1. The second-order valence-corrected chi connectivity index (χ2v) is 4.72. The number of aryl methyl sites for hydroxylation is 1. The van der Waals surface area contributed by atoms with Gasteiger partial charge in [-0.2, -0.15) is 0 Å². The summed E-state index contributed by atoms with van der Waals surface area (Å²) in [4.78, 5) is 12.2. The fraction of sp³-hybridized carbons (Fsp3) is 0.500. The molecular weight excluding hydrogens is 222 g/mol. The van der Waals surface area contributed by atoms with E-state index in [2.05, 4.69) is 35.7 Å². The highest BCUT2D eigenvalue weighted by molar-refractivity contribution is 6.30. The van der Waals surface area contributed by atoms with Gasteiger partial charge in [-0.25, -0.2) is 9.97 Å². The van der Waals surface area contributed by atoms with Crippen molar-refractivity contribution in [2.75, 3.05) is 0 Å². The third-order valence-corrected chi connectivity index (χ3v) is 2.75. The van der Waals surface area contributed by atoms with E-state index in [9.17, 15) is 0 Å². The highest BCUT2D eigenvalue weighted by Gasteiger charge is 2.12. The van der Waals surface area contributed by atoms with Crippen LogP contribution in [-0.2, 0) is 6.42 Å². The van der Waals surface area contributed by atoms with E-state index in [4.69, 9.17) is 11.6 Å². The standard InChI is InChI=1S/C12H16ClN3/c1-4-5-10-15-11(7(2)3)8-6-9(13)14-12(8)16-10/h6-7H,4-5H2,1-3H3,(H,14,15,16). The van der Waals surface area contributed by atoms with Gasteiger partial charge in [-0.1, -0.05) is 32.4 Å². The topological polar surface area (TPSA) is 41.6 Å². The molecular formula is C12H16ClN3. The summed E-state index contributed by atoms with van der Waals surface area (Å²) in [6.07, 6.45) is 1.96. The number of nitrogens with zero attached hydrogens (tertiary/aromatic N) is 2. The van der Waals surface area contributed by atoms with Gasteiger partial charge in [-0.15, -0.1) is 0 Å². The average Bonchev–Trinajstić information content (AvgIpc) is 2.57. The van der Waals surface area contributed by atoms with E-state index < -0.39 is 0 Å². The van der Waals surface area contributed by atoms with Crippen molar-refractivity contribution in [3.8, 4) is 0 Å². The van der Waals surface area contributed by atoms with Gasteiger partial charge in [0.2, 0.25) is 0 Å². The molecule has 0 atom stereocenters. The summed E-state index contributed by atoms with van der Waals surface area (Å²) >= 11 is 5.97. The van der Waals surface area contributed by atoms with E-state index in [1.807, 2.05) is 6.07 Å². The van der Waals surface area contributed by atoms with Crippen LogP contribution in [0.3, 0.4) is 0 Å². The summed E-state index contributed by atoms with van der Waals surface area (Å²) in [7, 11) is 0. The normalized spacial score (nSPS) is 11.6. The van der Waals surface area contributed by atoms with Crippen LogP contribution in [0.2, 0.25) is 5.15 Å². The Hall–Kier alpha value is -1.09. The second-order valence-electron chi connectivity index (χ2n) is 4.31. The first kappa shape index (κ1) is 11.4. The van der Waals surface area contributed by atoms with Crippen molar-refractivity contribution < 1.29 is 0 Å². The maximum absolute atomic E-state index is 5.97. The first-order valence-electron chi connectivity index (χ1n) is 5.66. The maximum atomic E-state index is 5.97. The quantitative estimate of drug-likeness (QED) is 0.885. The van der Waals surface area contributed by atoms with E-state index in [0.717, 1.165) is 35.4 Å². The van der Waals surface area contributed by atoms with Crippen LogP contribution in [0, 0.1) is 0 Å². The van der Waals surface area contributed by atoms with Crippen LogP contribution in [0.5, 0.6) is 0 Å². The molecule has 1 N–H and O–H groups in total. The summed E-state index contributed by atoms with van der Waals surface area (Å²) in [5.41, 5.74) is 1.93. The van der Waals surface area contributed by atoms with Gasteiger partial charge in [0.1, 0.15) is 16.6 Å². The predicted molar refractivity (Wildman–Crippen MR) is 67.0 cm³/mol. The number of halogens is 1. The summed E-state index contributed by atoms with van der Waals surface area (Å²) < 4.78 is 0. The number of aromatic amines is 1. The minimum atomic E-state index is 0.382. The lowest BCUT2D eigenvalue weighted by Crippen LogP contribution is -2.01. The molecule has 2 aromatic heterocycles.